The summed E-state index contributed by atoms with van der Waals surface area (Å²) in [5, 5.41) is 8.03. The minimum atomic E-state index is -0.637. The number of hydrogen-bond donors (Lipinski definition) is 2. The van der Waals surface area contributed by atoms with Gasteiger partial charge in [-0.15, -0.1) is 11.3 Å². The highest BCUT2D eigenvalue weighted by molar-refractivity contribution is 7.81. The van der Waals surface area contributed by atoms with Crippen molar-refractivity contribution in [3.8, 4) is 0 Å². The van der Waals surface area contributed by atoms with Crippen LogP contribution in [0.5, 0.6) is 0 Å². The Labute approximate surface area is 119 Å². The smallest absolute Gasteiger partial charge is 0.362 e. The van der Waals surface area contributed by atoms with Crippen molar-refractivity contribution in [1.29, 1.82) is 0 Å². The van der Waals surface area contributed by atoms with Crippen molar-refractivity contribution in [3.63, 3.8) is 0 Å². The van der Waals surface area contributed by atoms with Gasteiger partial charge in [0.1, 0.15) is 12.8 Å². The van der Waals surface area contributed by atoms with E-state index < -0.39 is 5.97 Å². The van der Waals surface area contributed by atoms with Crippen molar-refractivity contribution in [2.45, 2.75) is 6.92 Å². The van der Waals surface area contributed by atoms with E-state index in [9.17, 15) is 9.59 Å². The number of amides is 1. The first kappa shape index (κ1) is 15.4. The molecule has 0 aliphatic rings. The van der Waals surface area contributed by atoms with E-state index in [-0.39, 0.29) is 29.7 Å². The number of hydrogen-bond acceptors (Lipinski definition) is 8. The van der Waals surface area contributed by atoms with Gasteiger partial charge in [-0.3, -0.25) is 4.79 Å². The standard InChI is InChI=1S/C10H13N3O4S2/c1-3-17-9(15)8(13-16-2)6-5-19-10(11-6)12-7(14)4-18/h5,18H,3-4H2,1-2H3,(H,11,12,14). The number of ether oxygens (including phenoxy) is 1. The first-order chi connectivity index (χ1) is 9.12. The molecule has 0 atom stereocenters. The lowest BCUT2D eigenvalue weighted by atomic mass is 10.3. The summed E-state index contributed by atoms with van der Waals surface area (Å²) in [6.45, 7) is 1.90. The second-order valence-corrected chi connectivity index (χ2v) is 4.26. The predicted molar refractivity (Wildman–Crippen MR) is 74.8 cm³/mol. The zero-order chi connectivity index (χ0) is 14.3. The van der Waals surface area contributed by atoms with E-state index in [0.717, 1.165) is 11.3 Å². The van der Waals surface area contributed by atoms with Crippen LogP contribution in [0.25, 0.3) is 0 Å². The van der Waals surface area contributed by atoms with Gasteiger partial charge in [-0.2, -0.15) is 12.6 Å². The van der Waals surface area contributed by atoms with Gasteiger partial charge < -0.3 is 14.9 Å². The highest BCUT2D eigenvalue weighted by Crippen LogP contribution is 2.16. The molecule has 1 aromatic heterocycles. The summed E-state index contributed by atoms with van der Waals surface area (Å²) in [4.78, 5) is 31.5. The van der Waals surface area contributed by atoms with Gasteiger partial charge in [0, 0.05) is 5.38 Å². The minimum Gasteiger partial charge on any atom is -0.461 e. The SMILES string of the molecule is CCOC(=O)C(=NOC)c1csc(NC(=O)CS)n1. The summed E-state index contributed by atoms with van der Waals surface area (Å²) in [5.74, 6) is -0.876. The van der Waals surface area contributed by atoms with Crippen molar-refractivity contribution in [3.05, 3.63) is 11.1 Å². The molecule has 1 aromatic rings. The average molecular weight is 303 g/mol. The molecule has 0 aliphatic heterocycles. The van der Waals surface area contributed by atoms with Gasteiger partial charge in [0.05, 0.1) is 12.4 Å². The lowest BCUT2D eigenvalue weighted by Gasteiger charge is -2.02. The van der Waals surface area contributed by atoms with Crippen LogP contribution in [-0.2, 0) is 19.2 Å². The van der Waals surface area contributed by atoms with Gasteiger partial charge >= 0.3 is 5.97 Å². The number of thiol groups is 1. The number of oxime groups is 1. The molecule has 1 amide bonds. The summed E-state index contributed by atoms with van der Waals surface area (Å²) in [6, 6.07) is 0. The number of aromatic nitrogens is 1. The zero-order valence-corrected chi connectivity index (χ0v) is 12.1. The van der Waals surface area contributed by atoms with Gasteiger partial charge in [-0.05, 0) is 6.92 Å². The van der Waals surface area contributed by atoms with Gasteiger partial charge in [-0.1, -0.05) is 5.16 Å². The Morgan fingerprint density at radius 1 is 1.58 bits per heavy atom. The van der Waals surface area contributed by atoms with Crippen molar-refractivity contribution in [2.75, 3.05) is 24.8 Å². The van der Waals surface area contributed by atoms with Gasteiger partial charge in [0.25, 0.3) is 0 Å². The van der Waals surface area contributed by atoms with Crippen molar-refractivity contribution in [1.82, 2.24) is 4.98 Å². The maximum Gasteiger partial charge on any atom is 0.362 e. The normalized spacial score (nSPS) is 11.0. The molecule has 1 rings (SSSR count). The number of carbonyl (C=O) groups excluding carboxylic acids is 2. The first-order valence-electron chi connectivity index (χ1n) is 5.27. The zero-order valence-electron chi connectivity index (χ0n) is 10.4. The Hall–Kier alpha value is -1.61. The Morgan fingerprint density at radius 2 is 2.32 bits per heavy atom. The van der Waals surface area contributed by atoms with Crippen LogP contribution >= 0.6 is 24.0 Å². The van der Waals surface area contributed by atoms with Crippen LogP contribution in [-0.4, -0.2) is 42.0 Å². The molecule has 104 valence electrons. The minimum absolute atomic E-state index is 0.0474. The van der Waals surface area contributed by atoms with E-state index in [1.165, 1.54) is 7.11 Å². The molecular weight excluding hydrogens is 290 g/mol. The molecule has 0 radical (unpaired) electrons. The molecule has 0 aromatic carbocycles. The molecule has 9 heteroatoms. The molecule has 0 saturated carbocycles. The van der Waals surface area contributed by atoms with E-state index >= 15 is 0 Å². The third kappa shape index (κ3) is 4.52. The Kier molecular flexibility index (Phi) is 6.30. The van der Waals surface area contributed by atoms with Crippen LogP contribution in [0.15, 0.2) is 10.5 Å². The van der Waals surface area contributed by atoms with E-state index in [4.69, 9.17) is 4.74 Å². The lowest BCUT2D eigenvalue weighted by Crippen LogP contribution is -2.20. The van der Waals surface area contributed by atoms with Crippen LogP contribution in [0.4, 0.5) is 5.13 Å². The second-order valence-electron chi connectivity index (χ2n) is 3.09. The average Bonchev–Trinajstić information content (AvgIpc) is 2.84. The summed E-state index contributed by atoms with van der Waals surface area (Å²) in [6.07, 6.45) is 0. The maximum absolute atomic E-state index is 11.7. The fraction of sp³-hybridized carbons (Fsp3) is 0.400. The van der Waals surface area contributed by atoms with E-state index in [0.29, 0.717) is 5.13 Å². The van der Waals surface area contributed by atoms with Crippen LogP contribution in [0.3, 0.4) is 0 Å². The molecule has 7 nitrogen and oxygen atoms in total. The van der Waals surface area contributed by atoms with E-state index in [1.807, 2.05) is 0 Å². The molecule has 0 saturated heterocycles. The quantitative estimate of drug-likeness (QED) is 0.353. The van der Waals surface area contributed by atoms with Crippen molar-refractivity contribution in [2.24, 2.45) is 5.16 Å². The summed E-state index contributed by atoms with van der Waals surface area (Å²) in [5.41, 5.74) is 0.228. The third-order valence-corrected chi connectivity index (χ3v) is 2.83. The van der Waals surface area contributed by atoms with Gasteiger partial charge in [0.15, 0.2) is 5.13 Å². The number of anilines is 1. The fourth-order valence-corrected chi connectivity index (χ4v) is 1.87. The molecule has 0 spiro atoms. The van der Waals surface area contributed by atoms with Crippen LogP contribution < -0.4 is 5.32 Å². The Morgan fingerprint density at radius 3 is 2.89 bits per heavy atom. The van der Waals surface area contributed by atoms with Crippen LogP contribution in [0.2, 0.25) is 0 Å². The van der Waals surface area contributed by atoms with Crippen LogP contribution in [0.1, 0.15) is 12.6 Å². The molecule has 0 fully saturated rings. The second kappa shape index (κ2) is 7.74. The van der Waals surface area contributed by atoms with Crippen LogP contribution in [0, 0.1) is 0 Å². The number of carbonyl (C=O) groups is 2. The predicted octanol–water partition coefficient (Wildman–Crippen LogP) is 0.925. The number of nitrogens with one attached hydrogen (secondary N) is 1. The van der Waals surface area contributed by atoms with E-state index in [2.05, 4.69) is 32.9 Å². The monoisotopic (exact) mass is 303 g/mol. The van der Waals surface area contributed by atoms with Gasteiger partial charge in [0.2, 0.25) is 11.6 Å². The topological polar surface area (TPSA) is 89.9 Å². The summed E-state index contributed by atoms with van der Waals surface area (Å²) < 4.78 is 4.84. The fourth-order valence-electron chi connectivity index (χ4n) is 1.08. The molecule has 1 heterocycles. The maximum atomic E-state index is 11.7. The highest BCUT2D eigenvalue weighted by Gasteiger charge is 2.20. The van der Waals surface area contributed by atoms with E-state index in [1.54, 1.807) is 12.3 Å². The number of rotatable bonds is 6. The number of nitrogens with zero attached hydrogens (tertiary/aromatic N) is 2. The van der Waals surface area contributed by atoms with Crippen molar-refractivity contribution < 1.29 is 19.2 Å². The summed E-state index contributed by atoms with van der Waals surface area (Å²) >= 11 is 5.00. The first-order valence-corrected chi connectivity index (χ1v) is 6.78. The number of esters is 1. The largest absolute Gasteiger partial charge is 0.461 e. The number of thiazole rings is 1. The lowest BCUT2D eigenvalue weighted by molar-refractivity contribution is -0.135. The van der Waals surface area contributed by atoms with Crippen molar-refractivity contribution >= 4 is 46.7 Å². The Bertz CT molecular complexity index is 487. The third-order valence-electron chi connectivity index (χ3n) is 1.79. The molecule has 19 heavy (non-hydrogen) atoms. The summed E-state index contributed by atoms with van der Waals surface area (Å²) in [7, 11) is 1.31. The molecule has 1 N–H and O–H groups in total. The molecular formula is C10H13N3O4S2. The highest BCUT2D eigenvalue weighted by atomic mass is 32.1. The molecule has 0 aliphatic carbocycles. The Balaban J connectivity index is 2.90. The molecule has 0 bridgehead atoms. The molecule has 0 unspecified atom stereocenters. The van der Waals surface area contributed by atoms with Gasteiger partial charge in [-0.25, -0.2) is 9.78 Å².